The van der Waals surface area contributed by atoms with Gasteiger partial charge >= 0.3 is 0 Å². The van der Waals surface area contributed by atoms with Crippen molar-refractivity contribution in [3.8, 4) is 0 Å². The highest BCUT2D eigenvalue weighted by atomic mass is 19.1. The van der Waals surface area contributed by atoms with Crippen LogP contribution in [-0.2, 0) is 9.47 Å². The van der Waals surface area contributed by atoms with Crippen molar-refractivity contribution >= 4 is 11.9 Å². The molecule has 1 aromatic rings. The smallest absolute Gasteiger partial charge is 0.291 e. The number of nitrogens with zero attached hydrogens (tertiary/aromatic N) is 1. The third-order valence-electron chi connectivity index (χ3n) is 3.24. The third kappa shape index (κ3) is 8.62. The summed E-state index contributed by atoms with van der Waals surface area (Å²) in [5, 5.41) is 2.59. The van der Waals surface area contributed by atoms with Crippen molar-refractivity contribution in [2.45, 2.75) is 39.5 Å². The Morgan fingerprint density at radius 3 is 2.75 bits per heavy atom. The summed E-state index contributed by atoms with van der Waals surface area (Å²) in [7, 11) is 0. The number of carbonyl (C=O) groups is 1. The SMILES string of the molecule is CCCCCCN=C(NC(=O)c1cccc(F)c1)OCCOCC. The normalized spacial score (nSPS) is 11.4. The van der Waals surface area contributed by atoms with Gasteiger partial charge in [-0.1, -0.05) is 32.3 Å². The number of amidine groups is 1. The van der Waals surface area contributed by atoms with E-state index in [0.717, 1.165) is 25.7 Å². The van der Waals surface area contributed by atoms with Gasteiger partial charge in [0.2, 0.25) is 0 Å². The molecule has 0 saturated heterocycles. The second kappa shape index (κ2) is 12.5. The minimum Gasteiger partial charge on any atom is -0.463 e. The number of carbonyl (C=O) groups excluding carboxylic acids is 1. The number of hydrogen-bond acceptors (Lipinski definition) is 4. The summed E-state index contributed by atoms with van der Waals surface area (Å²) in [6, 6.07) is 5.64. The number of benzene rings is 1. The average Bonchev–Trinajstić information content (AvgIpc) is 2.58. The number of unbranched alkanes of at least 4 members (excludes halogenated alkanes) is 3. The van der Waals surface area contributed by atoms with Crippen LogP contribution in [0.4, 0.5) is 4.39 Å². The lowest BCUT2D eigenvalue weighted by molar-refractivity contribution is 0.0921. The van der Waals surface area contributed by atoms with Gasteiger partial charge in [-0.05, 0) is 31.5 Å². The van der Waals surface area contributed by atoms with Crippen LogP contribution < -0.4 is 5.32 Å². The quantitative estimate of drug-likeness (QED) is 0.403. The molecule has 0 bridgehead atoms. The molecule has 24 heavy (non-hydrogen) atoms. The molecule has 5 nitrogen and oxygen atoms in total. The summed E-state index contributed by atoms with van der Waals surface area (Å²) >= 11 is 0. The van der Waals surface area contributed by atoms with Crippen LogP contribution in [0.25, 0.3) is 0 Å². The first-order valence-corrected chi connectivity index (χ1v) is 8.49. The summed E-state index contributed by atoms with van der Waals surface area (Å²) in [5.74, 6) is -0.906. The fraction of sp³-hybridized carbons (Fsp3) is 0.556. The predicted octanol–water partition coefficient (Wildman–Crippen LogP) is 3.54. The van der Waals surface area contributed by atoms with Crippen LogP contribution in [0.3, 0.4) is 0 Å². The second-order valence-corrected chi connectivity index (χ2v) is 5.26. The number of ether oxygens (including phenoxy) is 2. The van der Waals surface area contributed by atoms with E-state index in [9.17, 15) is 9.18 Å². The lowest BCUT2D eigenvalue weighted by Gasteiger charge is -2.11. The predicted molar refractivity (Wildman–Crippen MR) is 92.8 cm³/mol. The number of rotatable bonds is 10. The first-order valence-electron chi connectivity index (χ1n) is 8.49. The molecule has 134 valence electrons. The molecule has 0 unspecified atom stereocenters. The van der Waals surface area contributed by atoms with Crippen LogP contribution in [0.2, 0.25) is 0 Å². The van der Waals surface area contributed by atoms with Gasteiger partial charge in [0.25, 0.3) is 11.9 Å². The van der Waals surface area contributed by atoms with Crippen molar-refractivity contribution in [1.82, 2.24) is 5.32 Å². The number of amides is 1. The van der Waals surface area contributed by atoms with Crippen molar-refractivity contribution < 1.29 is 18.7 Å². The van der Waals surface area contributed by atoms with E-state index in [1.165, 1.54) is 24.3 Å². The Labute approximate surface area is 143 Å². The van der Waals surface area contributed by atoms with Gasteiger partial charge in [-0.2, -0.15) is 0 Å². The van der Waals surface area contributed by atoms with E-state index in [-0.39, 0.29) is 11.6 Å². The number of aliphatic imine (C=N–C) groups is 1. The van der Waals surface area contributed by atoms with E-state index in [1.807, 2.05) is 6.92 Å². The molecule has 0 saturated carbocycles. The Kier molecular flexibility index (Phi) is 10.4. The molecule has 0 aliphatic heterocycles. The van der Waals surface area contributed by atoms with E-state index in [2.05, 4.69) is 17.2 Å². The zero-order chi connectivity index (χ0) is 17.6. The van der Waals surface area contributed by atoms with E-state index >= 15 is 0 Å². The number of nitrogens with one attached hydrogen (secondary N) is 1. The minimum atomic E-state index is -0.460. The molecule has 1 N–H and O–H groups in total. The van der Waals surface area contributed by atoms with Gasteiger partial charge in [0.15, 0.2) is 0 Å². The van der Waals surface area contributed by atoms with Crippen LogP contribution in [0.15, 0.2) is 29.3 Å². The van der Waals surface area contributed by atoms with Crippen molar-refractivity contribution in [2.75, 3.05) is 26.4 Å². The van der Waals surface area contributed by atoms with Gasteiger partial charge in [0.1, 0.15) is 12.4 Å². The van der Waals surface area contributed by atoms with Gasteiger partial charge in [0.05, 0.1) is 6.61 Å². The highest BCUT2D eigenvalue weighted by molar-refractivity contribution is 6.04. The molecule has 0 spiro atoms. The fourth-order valence-electron chi connectivity index (χ4n) is 1.98. The van der Waals surface area contributed by atoms with Crippen molar-refractivity contribution in [3.63, 3.8) is 0 Å². The van der Waals surface area contributed by atoms with Crippen molar-refractivity contribution in [2.24, 2.45) is 4.99 Å². The van der Waals surface area contributed by atoms with E-state index in [0.29, 0.717) is 26.4 Å². The zero-order valence-electron chi connectivity index (χ0n) is 14.5. The molecule has 0 atom stereocenters. The lowest BCUT2D eigenvalue weighted by Crippen LogP contribution is -2.33. The first-order chi connectivity index (χ1) is 11.7. The largest absolute Gasteiger partial charge is 0.463 e. The van der Waals surface area contributed by atoms with Crippen LogP contribution in [-0.4, -0.2) is 38.3 Å². The molecular formula is C18H27FN2O3. The Hall–Kier alpha value is -1.95. The maximum Gasteiger partial charge on any atom is 0.291 e. The molecular weight excluding hydrogens is 311 g/mol. The number of hydrogen-bond donors (Lipinski definition) is 1. The molecule has 1 rings (SSSR count). The van der Waals surface area contributed by atoms with Crippen LogP contribution in [0, 0.1) is 5.82 Å². The Balaban J connectivity index is 2.58. The van der Waals surface area contributed by atoms with Crippen molar-refractivity contribution in [3.05, 3.63) is 35.6 Å². The summed E-state index contributed by atoms with van der Waals surface area (Å²) in [6.45, 7) is 5.93. The van der Waals surface area contributed by atoms with Crippen LogP contribution in [0.5, 0.6) is 0 Å². The standard InChI is InChI=1S/C18H27FN2O3/c1-3-5-6-7-11-20-18(24-13-12-23-4-2)21-17(22)15-9-8-10-16(19)14-15/h8-10,14H,3-7,11-13H2,1-2H3,(H,20,21,22). The molecule has 0 heterocycles. The highest BCUT2D eigenvalue weighted by Crippen LogP contribution is 2.04. The molecule has 0 aliphatic carbocycles. The first kappa shape index (κ1) is 20.1. The molecule has 1 aromatic carbocycles. The molecule has 0 aliphatic rings. The molecule has 6 heteroatoms. The van der Waals surface area contributed by atoms with Crippen LogP contribution >= 0.6 is 0 Å². The fourth-order valence-corrected chi connectivity index (χ4v) is 1.98. The number of halogens is 1. The monoisotopic (exact) mass is 338 g/mol. The van der Waals surface area contributed by atoms with Crippen LogP contribution in [0.1, 0.15) is 49.9 Å². The van der Waals surface area contributed by atoms with Gasteiger partial charge in [0, 0.05) is 18.7 Å². The topological polar surface area (TPSA) is 59.9 Å². The van der Waals surface area contributed by atoms with E-state index in [4.69, 9.17) is 9.47 Å². The Morgan fingerprint density at radius 1 is 1.21 bits per heavy atom. The van der Waals surface area contributed by atoms with Gasteiger partial charge in [-0.3, -0.25) is 10.1 Å². The molecule has 0 radical (unpaired) electrons. The van der Waals surface area contributed by atoms with Gasteiger partial charge in [-0.25, -0.2) is 9.38 Å². The molecule has 1 amide bonds. The molecule has 0 fully saturated rings. The highest BCUT2D eigenvalue weighted by Gasteiger charge is 2.10. The van der Waals surface area contributed by atoms with E-state index < -0.39 is 11.7 Å². The van der Waals surface area contributed by atoms with E-state index in [1.54, 1.807) is 0 Å². The Bertz CT molecular complexity index is 521. The van der Waals surface area contributed by atoms with Gasteiger partial charge < -0.3 is 9.47 Å². The zero-order valence-corrected chi connectivity index (χ0v) is 14.5. The Morgan fingerprint density at radius 2 is 2.04 bits per heavy atom. The summed E-state index contributed by atoms with van der Waals surface area (Å²) in [6.07, 6.45) is 4.33. The molecule has 0 aromatic heterocycles. The van der Waals surface area contributed by atoms with Gasteiger partial charge in [-0.15, -0.1) is 0 Å². The maximum absolute atomic E-state index is 13.2. The minimum absolute atomic E-state index is 0.153. The van der Waals surface area contributed by atoms with Crippen molar-refractivity contribution in [1.29, 1.82) is 0 Å². The average molecular weight is 338 g/mol. The summed E-state index contributed by atoms with van der Waals surface area (Å²) in [4.78, 5) is 16.5. The summed E-state index contributed by atoms with van der Waals surface area (Å²) in [5.41, 5.74) is 0.224. The summed E-state index contributed by atoms with van der Waals surface area (Å²) < 4.78 is 23.9. The second-order valence-electron chi connectivity index (χ2n) is 5.26. The third-order valence-corrected chi connectivity index (χ3v) is 3.24. The lowest BCUT2D eigenvalue weighted by atomic mass is 10.2. The maximum atomic E-state index is 13.2.